The summed E-state index contributed by atoms with van der Waals surface area (Å²) in [7, 11) is -2.28. The van der Waals surface area contributed by atoms with Crippen LogP contribution in [0.3, 0.4) is 0 Å². The summed E-state index contributed by atoms with van der Waals surface area (Å²) in [4.78, 5) is 14.3. The van der Waals surface area contributed by atoms with Crippen LogP contribution in [0.2, 0.25) is 5.02 Å². The summed E-state index contributed by atoms with van der Waals surface area (Å²) in [5.41, 5.74) is 1.89. The van der Waals surface area contributed by atoms with Crippen molar-refractivity contribution in [2.24, 2.45) is 0 Å². The minimum absolute atomic E-state index is 0.0422. The Morgan fingerprint density at radius 2 is 1.75 bits per heavy atom. The van der Waals surface area contributed by atoms with E-state index in [1.165, 1.54) is 23.1 Å². The van der Waals surface area contributed by atoms with Crippen LogP contribution in [0.1, 0.15) is 21.5 Å². The van der Waals surface area contributed by atoms with Gasteiger partial charge in [0, 0.05) is 25.7 Å². The SMILES string of the molecule is CN(Cc1ccc2c(c1)OCO2)C(=O)c1ccc(Cl)c(S(=O)(=O)NCc2ccccc2)c1. The number of nitrogens with zero attached hydrogens (tertiary/aromatic N) is 1. The van der Waals surface area contributed by atoms with E-state index in [0.717, 1.165) is 11.1 Å². The van der Waals surface area contributed by atoms with Gasteiger partial charge in [0.15, 0.2) is 11.5 Å². The number of halogens is 1. The Balaban J connectivity index is 1.50. The minimum Gasteiger partial charge on any atom is -0.454 e. The van der Waals surface area contributed by atoms with Crippen molar-refractivity contribution in [3.05, 3.63) is 88.4 Å². The third kappa shape index (κ3) is 4.88. The molecule has 0 atom stereocenters. The van der Waals surface area contributed by atoms with Crippen molar-refractivity contribution >= 4 is 27.5 Å². The number of ether oxygens (including phenoxy) is 2. The van der Waals surface area contributed by atoms with Gasteiger partial charge in [-0.25, -0.2) is 13.1 Å². The van der Waals surface area contributed by atoms with Gasteiger partial charge in [0.05, 0.1) is 5.02 Å². The van der Waals surface area contributed by atoms with Gasteiger partial charge in [0.1, 0.15) is 4.90 Å². The second kappa shape index (κ2) is 9.20. The molecule has 1 N–H and O–H groups in total. The van der Waals surface area contributed by atoms with Crippen LogP contribution in [-0.4, -0.2) is 33.1 Å². The zero-order chi connectivity index (χ0) is 22.7. The molecular weight excluding hydrogens is 452 g/mol. The monoisotopic (exact) mass is 472 g/mol. The average Bonchev–Trinajstić information content (AvgIpc) is 3.26. The smallest absolute Gasteiger partial charge is 0.253 e. The summed E-state index contributed by atoms with van der Waals surface area (Å²) < 4.78 is 38.9. The van der Waals surface area contributed by atoms with Gasteiger partial charge in [0.25, 0.3) is 5.91 Å². The topological polar surface area (TPSA) is 84.9 Å². The van der Waals surface area contributed by atoms with E-state index in [2.05, 4.69) is 4.72 Å². The van der Waals surface area contributed by atoms with E-state index >= 15 is 0 Å². The molecule has 0 fully saturated rings. The standard InChI is InChI=1S/C23H21ClN2O5S/c1-26(14-17-7-10-20-21(11-17)31-15-30-20)23(27)18-8-9-19(24)22(12-18)32(28,29)25-13-16-5-3-2-4-6-16/h2-12,25H,13-15H2,1H3. The molecule has 7 nitrogen and oxygen atoms in total. The number of benzene rings is 3. The lowest BCUT2D eigenvalue weighted by Crippen LogP contribution is -2.27. The summed E-state index contributed by atoms with van der Waals surface area (Å²) in [5.74, 6) is 0.963. The molecule has 3 aromatic rings. The van der Waals surface area contributed by atoms with Gasteiger partial charge in [0.2, 0.25) is 16.8 Å². The molecule has 1 aliphatic rings. The number of rotatable bonds is 7. The Hall–Kier alpha value is -3.07. The first-order chi connectivity index (χ1) is 15.3. The largest absolute Gasteiger partial charge is 0.454 e. The Kier molecular flexibility index (Phi) is 6.36. The van der Waals surface area contributed by atoms with Crippen molar-refractivity contribution in [2.45, 2.75) is 18.0 Å². The number of carbonyl (C=O) groups is 1. The first-order valence-corrected chi connectivity index (χ1v) is 11.7. The van der Waals surface area contributed by atoms with Crippen molar-refractivity contribution in [1.82, 2.24) is 9.62 Å². The van der Waals surface area contributed by atoms with Gasteiger partial charge < -0.3 is 14.4 Å². The fraction of sp³-hybridized carbons (Fsp3) is 0.174. The zero-order valence-corrected chi connectivity index (χ0v) is 18.8. The number of fused-ring (bicyclic) bond motifs is 1. The molecule has 0 aromatic heterocycles. The fourth-order valence-corrected chi connectivity index (χ4v) is 4.84. The molecule has 0 aliphatic carbocycles. The molecule has 0 bridgehead atoms. The summed E-state index contributed by atoms with van der Waals surface area (Å²) in [5, 5.41) is 0.0422. The molecule has 1 aliphatic heterocycles. The second-order valence-corrected chi connectivity index (χ2v) is 9.45. The molecular formula is C23H21ClN2O5S. The number of hydrogen-bond donors (Lipinski definition) is 1. The van der Waals surface area contributed by atoms with E-state index in [9.17, 15) is 13.2 Å². The number of carbonyl (C=O) groups excluding carboxylic acids is 1. The molecule has 0 radical (unpaired) electrons. The van der Waals surface area contributed by atoms with Gasteiger partial charge in [-0.15, -0.1) is 0 Å². The predicted octanol–water partition coefficient (Wildman–Crippen LogP) is 3.82. The van der Waals surface area contributed by atoms with Crippen LogP contribution in [-0.2, 0) is 23.1 Å². The third-order valence-electron chi connectivity index (χ3n) is 4.98. The van der Waals surface area contributed by atoms with Crippen LogP contribution in [0.15, 0.2) is 71.6 Å². The lowest BCUT2D eigenvalue weighted by Gasteiger charge is -2.18. The van der Waals surface area contributed by atoms with Gasteiger partial charge in [-0.1, -0.05) is 48.0 Å². The molecule has 0 spiro atoms. The highest BCUT2D eigenvalue weighted by atomic mass is 35.5. The van der Waals surface area contributed by atoms with Gasteiger partial charge in [-0.05, 0) is 41.5 Å². The first-order valence-electron chi connectivity index (χ1n) is 9.80. The summed E-state index contributed by atoms with van der Waals surface area (Å²) in [6.45, 7) is 0.599. The summed E-state index contributed by atoms with van der Waals surface area (Å²) in [6.07, 6.45) is 0. The van der Waals surface area contributed by atoms with E-state index in [-0.39, 0.29) is 34.7 Å². The fourth-order valence-electron chi connectivity index (χ4n) is 3.30. The van der Waals surface area contributed by atoms with E-state index in [0.29, 0.717) is 18.0 Å². The van der Waals surface area contributed by atoms with Crippen LogP contribution < -0.4 is 14.2 Å². The molecule has 4 rings (SSSR count). The van der Waals surface area contributed by atoms with Gasteiger partial charge in [-0.3, -0.25) is 4.79 Å². The number of sulfonamides is 1. The first kappa shape index (κ1) is 22.1. The number of hydrogen-bond acceptors (Lipinski definition) is 5. The highest BCUT2D eigenvalue weighted by Gasteiger charge is 2.22. The van der Waals surface area contributed by atoms with Crippen LogP contribution in [0.5, 0.6) is 11.5 Å². The highest BCUT2D eigenvalue weighted by molar-refractivity contribution is 7.89. The Labute approximate surface area is 191 Å². The van der Waals surface area contributed by atoms with Gasteiger partial charge in [-0.2, -0.15) is 0 Å². The molecule has 1 heterocycles. The Morgan fingerprint density at radius 1 is 1.00 bits per heavy atom. The van der Waals surface area contributed by atoms with Crippen LogP contribution in [0.4, 0.5) is 0 Å². The molecule has 0 unspecified atom stereocenters. The van der Waals surface area contributed by atoms with E-state index in [1.807, 2.05) is 42.5 Å². The average molecular weight is 473 g/mol. The Bertz CT molecular complexity index is 1250. The molecule has 32 heavy (non-hydrogen) atoms. The summed E-state index contributed by atoms with van der Waals surface area (Å²) >= 11 is 6.16. The molecule has 0 saturated carbocycles. The maximum absolute atomic E-state index is 13.0. The van der Waals surface area contributed by atoms with Crippen molar-refractivity contribution in [1.29, 1.82) is 0 Å². The minimum atomic E-state index is -3.92. The van der Waals surface area contributed by atoms with Crippen LogP contribution in [0, 0.1) is 0 Å². The molecule has 166 valence electrons. The van der Waals surface area contributed by atoms with Crippen molar-refractivity contribution in [2.75, 3.05) is 13.8 Å². The normalized spacial score (nSPS) is 12.6. The van der Waals surface area contributed by atoms with E-state index in [4.69, 9.17) is 21.1 Å². The lowest BCUT2D eigenvalue weighted by atomic mass is 10.1. The molecule has 1 amide bonds. The maximum atomic E-state index is 13.0. The lowest BCUT2D eigenvalue weighted by molar-refractivity contribution is 0.0784. The summed E-state index contributed by atoms with van der Waals surface area (Å²) in [6, 6.07) is 18.8. The van der Waals surface area contributed by atoms with Crippen LogP contribution >= 0.6 is 11.6 Å². The molecule has 3 aromatic carbocycles. The quantitative estimate of drug-likeness (QED) is 0.565. The van der Waals surface area contributed by atoms with Crippen molar-refractivity contribution < 1.29 is 22.7 Å². The van der Waals surface area contributed by atoms with E-state index < -0.39 is 10.0 Å². The van der Waals surface area contributed by atoms with Crippen LogP contribution in [0.25, 0.3) is 0 Å². The molecule has 0 saturated heterocycles. The predicted molar refractivity (Wildman–Crippen MR) is 120 cm³/mol. The maximum Gasteiger partial charge on any atom is 0.253 e. The highest BCUT2D eigenvalue weighted by Crippen LogP contribution is 2.33. The Morgan fingerprint density at radius 3 is 2.53 bits per heavy atom. The third-order valence-corrected chi connectivity index (χ3v) is 6.86. The number of nitrogens with one attached hydrogen (secondary N) is 1. The number of amides is 1. The zero-order valence-electron chi connectivity index (χ0n) is 17.2. The van der Waals surface area contributed by atoms with Gasteiger partial charge >= 0.3 is 0 Å². The molecule has 9 heteroatoms. The van der Waals surface area contributed by atoms with Crippen molar-refractivity contribution in [3.8, 4) is 11.5 Å². The van der Waals surface area contributed by atoms with Crippen molar-refractivity contribution in [3.63, 3.8) is 0 Å². The second-order valence-electron chi connectivity index (χ2n) is 7.30. The van der Waals surface area contributed by atoms with E-state index in [1.54, 1.807) is 13.1 Å².